The van der Waals surface area contributed by atoms with Crippen LogP contribution in [0, 0.1) is 30.1 Å². The number of amides is 1. The number of aryl methyl sites for hydroxylation is 1. The molecule has 4 saturated carbocycles. The maximum atomic E-state index is 12.5. The zero-order valence-corrected chi connectivity index (χ0v) is 20.5. The van der Waals surface area contributed by atoms with Crippen LogP contribution in [0.3, 0.4) is 0 Å². The second kappa shape index (κ2) is 8.48. The second-order valence-corrected chi connectivity index (χ2v) is 12.2. The summed E-state index contributed by atoms with van der Waals surface area (Å²) in [6, 6.07) is 1.73. The van der Waals surface area contributed by atoms with E-state index in [2.05, 4.69) is 20.1 Å². The molecule has 0 aliphatic heterocycles. The second-order valence-electron chi connectivity index (χ2n) is 9.98. The van der Waals surface area contributed by atoms with E-state index >= 15 is 0 Å². The van der Waals surface area contributed by atoms with E-state index in [0.29, 0.717) is 16.0 Å². The van der Waals surface area contributed by atoms with E-state index in [1.165, 1.54) is 68.7 Å². The van der Waals surface area contributed by atoms with E-state index < -0.39 is 5.97 Å². The van der Waals surface area contributed by atoms with Crippen LogP contribution in [0.15, 0.2) is 11.2 Å². The van der Waals surface area contributed by atoms with E-state index in [1.54, 1.807) is 6.07 Å². The highest BCUT2D eigenvalue weighted by Crippen LogP contribution is 2.60. The Morgan fingerprint density at radius 1 is 1.22 bits per heavy atom. The van der Waals surface area contributed by atoms with Gasteiger partial charge >= 0.3 is 5.97 Å². The standard InChI is InChI=1S/C23H30N4O3S2/c1-13-4-17(21(29)30-3)20(32-13)24-19(28)12-31-22-26-25-18(27(22)2)11-23-8-14-5-15(9-23)7-16(6-14)10-23/h4,14-16H,5-12H2,1-3H3,(H,24,28). The average molecular weight is 475 g/mol. The first-order valence-corrected chi connectivity index (χ1v) is 13.1. The number of nitrogens with one attached hydrogen (secondary N) is 1. The van der Waals surface area contributed by atoms with Crippen molar-refractivity contribution >= 4 is 40.0 Å². The van der Waals surface area contributed by atoms with Crippen LogP contribution in [0.2, 0.25) is 0 Å². The maximum Gasteiger partial charge on any atom is 0.340 e. The van der Waals surface area contributed by atoms with Gasteiger partial charge in [0, 0.05) is 18.3 Å². The summed E-state index contributed by atoms with van der Waals surface area (Å²) in [5.74, 6) is 3.39. The molecule has 0 spiro atoms. The largest absolute Gasteiger partial charge is 0.465 e. The smallest absolute Gasteiger partial charge is 0.340 e. The third-order valence-electron chi connectivity index (χ3n) is 7.47. The van der Waals surface area contributed by atoms with Gasteiger partial charge in [0.1, 0.15) is 10.8 Å². The first-order chi connectivity index (χ1) is 15.3. The molecule has 6 rings (SSSR count). The molecule has 0 saturated heterocycles. The average Bonchev–Trinajstić information content (AvgIpc) is 3.26. The molecule has 4 aliphatic carbocycles. The van der Waals surface area contributed by atoms with Crippen molar-refractivity contribution in [3.8, 4) is 0 Å². The van der Waals surface area contributed by atoms with Crippen LogP contribution in [0.25, 0.3) is 0 Å². The van der Waals surface area contributed by atoms with Gasteiger partial charge in [-0.3, -0.25) is 4.79 Å². The van der Waals surface area contributed by atoms with Gasteiger partial charge in [-0.05, 0) is 74.7 Å². The fourth-order valence-corrected chi connectivity index (χ4v) is 8.27. The zero-order chi connectivity index (χ0) is 22.5. The number of methoxy groups -OCH3 is 1. The van der Waals surface area contributed by atoms with Crippen LogP contribution >= 0.6 is 23.1 Å². The summed E-state index contributed by atoms with van der Waals surface area (Å²) in [5, 5.41) is 13.0. The number of rotatable bonds is 7. The summed E-state index contributed by atoms with van der Waals surface area (Å²) in [6.07, 6.45) is 9.36. The Hall–Kier alpha value is -1.87. The highest BCUT2D eigenvalue weighted by atomic mass is 32.2. The predicted molar refractivity (Wildman–Crippen MR) is 125 cm³/mol. The van der Waals surface area contributed by atoms with Crippen molar-refractivity contribution in [2.24, 2.45) is 30.2 Å². The molecular formula is C23H30N4O3S2. The Bertz CT molecular complexity index is 1010. The van der Waals surface area contributed by atoms with Crippen LogP contribution in [0.5, 0.6) is 0 Å². The molecule has 4 fully saturated rings. The lowest BCUT2D eigenvalue weighted by atomic mass is 9.49. The molecule has 7 nitrogen and oxygen atoms in total. The van der Waals surface area contributed by atoms with Crippen molar-refractivity contribution in [2.75, 3.05) is 18.2 Å². The molecule has 2 heterocycles. The minimum Gasteiger partial charge on any atom is -0.465 e. The number of thioether (sulfide) groups is 1. The molecule has 2 aromatic heterocycles. The van der Waals surface area contributed by atoms with Crippen molar-refractivity contribution in [1.29, 1.82) is 0 Å². The minimum absolute atomic E-state index is 0.173. The number of aromatic nitrogens is 3. The van der Waals surface area contributed by atoms with E-state index in [9.17, 15) is 9.59 Å². The van der Waals surface area contributed by atoms with Gasteiger partial charge in [-0.1, -0.05) is 11.8 Å². The molecule has 172 valence electrons. The lowest BCUT2D eigenvalue weighted by molar-refractivity contribution is -0.113. The number of thiophene rings is 1. The molecule has 32 heavy (non-hydrogen) atoms. The molecule has 0 unspecified atom stereocenters. The summed E-state index contributed by atoms with van der Waals surface area (Å²) in [6.45, 7) is 1.90. The molecule has 4 aliphatic rings. The SMILES string of the molecule is COC(=O)c1cc(C)sc1NC(=O)CSc1nnc(CC23CC4CC(CC(C4)C2)C3)n1C. The summed E-state index contributed by atoms with van der Waals surface area (Å²) < 4.78 is 6.87. The van der Waals surface area contributed by atoms with Gasteiger partial charge in [0.25, 0.3) is 0 Å². The number of carbonyl (C=O) groups is 2. The number of carbonyl (C=O) groups excluding carboxylic acids is 2. The van der Waals surface area contributed by atoms with Crippen molar-refractivity contribution in [1.82, 2.24) is 14.8 Å². The van der Waals surface area contributed by atoms with E-state index in [0.717, 1.165) is 40.0 Å². The van der Waals surface area contributed by atoms with E-state index in [4.69, 9.17) is 4.74 Å². The van der Waals surface area contributed by atoms with Gasteiger partial charge < -0.3 is 14.6 Å². The third kappa shape index (κ3) is 4.21. The Labute approximate surface area is 196 Å². The highest BCUT2D eigenvalue weighted by molar-refractivity contribution is 7.99. The minimum atomic E-state index is -0.445. The van der Waals surface area contributed by atoms with Gasteiger partial charge in [-0.15, -0.1) is 21.5 Å². The molecule has 0 radical (unpaired) electrons. The Kier molecular flexibility index (Phi) is 5.82. The van der Waals surface area contributed by atoms with Crippen LogP contribution in [0.1, 0.15) is 59.6 Å². The highest BCUT2D eigenvalue weighted by Gasteiger charge is 2.51. The molecule has 2 aromatic rings. The van der Waals surface area contributed by atoms with Crippen LogP contribution in [-0.2, 0) is 23.0 Å². The van der Waals surface area contributed by atoms with E-state index in [-0.39, 0.29) is 11.7 Å². The quantitative estimate of drug-likeness (QED) is 0.471. The summed E-state index contributed by atoms with van der Waals surface area (Å²) in [7, 11) is 3.35. The van der Waals surface area contributed by atoms with Crippen molar-refractivity contribution in [3.05, 3.63) is 22.3 Å². The fraction of sp³-hybridized carbons (Fsp3) is 0.652. The van der Waals surface area contributed by atoms with Crippen LogP contribution < -0.4 is 5.32 Å². The Balaban J connectivity index is 1.21. The number of anilines is 1. The van der Waals surface area contributed by atoms with Gasteiger partial charge in [0.15, 0.2) is 5.16 Å². The maximum absolute atomic E-state index is 12.5. The van der Waals surface area contributed by atoms with Crippen molar-refractivity contribution in [2.45, 2.75) is 57.0 Å². The monoisotopic (exact) mass is 474 g/mol. The van der Waals surface area contributed by atoms with E-state index in [1.807, 2.05) is 14.0 Å². The van der Waals surface area contributed by atoms with Crippen LogP contribution in [0.4, 0.5) is 5.00 Å². The molecule has 1 N–H and O–H groups in total. The van der Waals surface area contributed by atoms with Crippen molar-refractivity contribution < 1.29 is 14.3 Å². The first kappa shape index (κ1) is 21.9. The van der Waals surface area contributed by atoms with Crippen LogP contribution in [-0.4, -0.2) is 39.5 Å². The molecule has 0 atom stereocenters. The number of ether oxygens (including phenoxy) is 1. The molecule has 9 heteroatoms. The number of hydrogen-bond donors (Lipinski definition) is 1. The molecule has 4 bridgehead atoms. The van der Waals surface area contributed by atoms with Gasteiger partial charge in [-0.25, -0.2) is 4.79 Å². The normalized spacial score (nSPS) is 28.2. The number of nitrogens with zero attached hydrogens (tertiary/aromatic N) is 3. The Morgan fingerprint density at radius 2 is 1.88 bits per heavy atom. The first-order valence-electron chi connectivity index (χ1n) is 11.3. The molecular weight excluding hydrogens is 444 g/mol. The third-order valence-corrected chi connectivity index (χ3v) is 9.46. The summed E-state index contributed by atoms with van der Waals surface area (Å²) >= 11 is 2.75. The zero-order valence-electron chi connectivity index (χ0n) is 18.8. The van der Waals surface area contributed by atoms with Gasteiger partial charge in [0.2, 0.25) is 5.91 Å². The molecule has 0 aromatic carbocycles. The van der Waals surface area contributed by atoms with Crippen molar-refractivity contribution in [3.63, 3.8) is 0 Å². The summed E-state index contributed by atoms with van der Waals surface area (Å²) in [4.78, 5) is 25.4. The lowest BCUT2D eigenvalue weighted by Crippen LogP contribution is -2.47. The number of hydrogen-bond acceptors (Lipinski definition) is 7. The topological polar surface area (TPSA) is 86.1 Å². The Morgan fingerprint density at radius 3 is 2.50 bits per heavy atom. The molecule has 1 amide bonds. The van der Waals surface area contributed by atoms with Gasteiger partial charge in [0.05, 0.1) is 18.4 Å². The predicted octanol–water partition coefficient (Wildman–Crippen LogP) is 4.46. The van der Waals surface area contributed by atoms with Gasteiger partial charge in [-0.2, -0.15) is 0 Å². The summed E-state index contributed by atoms with van der Waals surface area (Å²) in [5.41, 5.74) is 0.806. The number of esters is 1. The fourth-order valence-electron chi connectivity index (χ4n) is 6.63. The lowest BCUT2D eigenvalue weighted by Gasteiger charge is -2.56.